The lowest BCUT2D eigenvalue weighted by molar-refractivity contribution is 0.0939. The predicted molar refractivity (Wildman–Crippen MR) is 108 cm³/mol. The molecule has 1 N–H and O–H groups in total. The molecule has 27 heavy (non-hydrogen) atoms. The van der Waals surface area contributed by atoms with Gasteiger partial charge in [0.05, 0.1) is 28.5 Å². The molecule has 4 rings (SSSR count). The molecule has 0 spiro atoms. The Hall–Kier alpha value is -3.01. The van der Waals surface area contributed by atoms with E-state index in [0.717, 1.165) is 35.1 Å². The number of aromatic nitrogens is 2. The third kappa shape index (κ3) is 3.90. The summed E-state index contributed by atoms with van der Waals surface area (Å²) < 4.78 is 0. The summed E-state index contributed by atoms with van der Waals surface area (Å²) in [6, 6.07) is 15.5. The van der Waals surface area contributed by atoms with Gasteiger partial charge in [-0.05, 0) is 62.4 Å². The highest BCUT2D eigenvalue weighted by molar-refractivity contribution is 5.97. The summed E-state index contributed by atoms with van der Waals surface area (Å²) in [5.41, 5.74) is 4.67. The number of rotatable bonds is 4. The van der Waals surface area contributed by atoms with Crippen LogP contribution in [0.3, 0.4) is 0 Å². The lowest BCUT2D eigenvalue weighted by Gasteiger charge is -2.17. The molecule has 1 amide bonds. The summed E-state index contributed by atoms with van der Waals surface area (Å²) in [6.45, 7) is 1.97. The molecule has 4 nitrogen and oxygen atoms in total. The quantitative estimate of drug-likeness (QED) is 0.708. The van der Waals surface area contributed by atoms with Gasteiger partial charge in [-0.1, -0.05) is 30.3 Å². The molecule has 0 bridgehead atoms. The molecule has 0 saturated heterocycles. The van der Waals surface area contributed by atoms with Gasteiger partial charge in [-0.25, -0.2) is 0 Å². The fourth-order valence-corrected chi connectivity index (χ4v) is 3.49. The molecule has 1 atom stereocenters. The Labute approximate surface area is 159 Å². The maximum atomic E-state index is 12.7. The maximum absolute atomic E-state index is 12.7. The van der Waals surface area contributed by atoms with Crippen LogP contribution in [0.15, 0.2) is 60.8 Å². The van der Waals surface area contributed by atoms with Gasteiger partial charge in [0.25, 0.3) is 5.91 Å². The first-order chi connectivity index (χ1) is 13.2. The van der Waals surface area contributed by atoms with Gasteiger partial charge in [-0.15, -0.1) is 0 Å². The van der Waals surface area contributed by atoms with E-state index in [0.29, 0.717) is 5.56 Å². The summed E-state index contributed by atoms with van der Waals surface area (Å²) in [4.78, 5) is 21.8. The van der Waals surface area contributed by atoms with Crippen molar-refractivity contribution in [2.45, 2.75) is 38.6 Å². The SMILES string of the molecule is C[C@H](NC(=O)c1cnc2ccccc2c1)c1cccc(C2=CCCCC2)n1. The van der Waals surface area contributed by atoms with E-state index in [2.05, 4.69) is 22.4 Å². The van der Waals surface area contributed by atoms with Crippen LogP contribution < -0.4 is 5.32 Å². The molecule has 2 aromatic heterocycles. The fourth-order valence-electron chi connectivity index (χ4n) is 3.49. The second-order valence-corrected chi connectivity index (χ2v) is 7.03. The number of fused-ring (bicyclic) bond motifs is 1. The van der Waals surface area contributed by atoms with Crippen LogP contribution in [0.4, 0.5) is 0 Å². The molecule has 136 valence electrons. The van der Waals surface area contributed by atoms with Gasteiger partial charge in [0.2, 0.25) is 0 Å². The van der Waals surface area contributed by atoms with Crippen molar-refractivity contribution in [1.82, 2.24) is 15.3 Å². The molecule has 0 radical (unpaired) electrons. The van der Waals surface area contributed by atoms with Gasteiger partial charge in [0.15, 0.2) is 0 Å². The van der Waals surface area contributed by atoms with Gasteiger partial charge in [0.1, 0.15) is 0 Å². The molecule has 1 aliphatic carbocycles. The van der Waals surface area contributed by atoms with Crippen LogP contribution in [0.25, 0.3) is 16.5 Å². The monoisotopic (exact) mass is 357 g/mol. The number of benzene rings is 1. The smallest absolute Gasteiger partial charge is 0.253 e. The molecule has 1 aromatic carbocycles. The Bertz CT molecular complexity index is 1010. The highest BCUT2D eigenvalue weighted by Crippen LogP contribution is 2.26. The topological polar surface area (TPSA) is 54.9 Å². The maximum Gasteiger partial charge on any atom is 0.253 e. The summed E-state index contributed by atoms with van der Waals surface area (Å²) in [5.74, 6) is -0.134. The Morgan fingerprint density at radius 3 is 2.85 bits per heavy atom. The Kier molecular flexibility index (Phi) is 4.97. The minimum atomic E-state index is -0.173. The number of amides is 1. The number of pyridine rings is 2. The molecule has 2 heterocycles. The van der Waals surface area contributed by atoms with Crippen molar-refractivity contribution in [1.29, 1.82) is 0 Å². The molecule has 0 unspecified atom stereocenters. The Balaban J connectivity index is 1.51. The molecule has 4 heteroatoms. The molecular weight excluding hydrogens is 334 g/mol. The first kappa shape index (κ1) is 17.4. The number of nitrogens with one attached hydrogen (secondary N) is 1. The minimum absolute atomic E-state index is 0.134. The average molecular weight is 357 g/mol. The molecule has 0 aliphatic heterocycles. The van der Waals surface area contributed by atoms with Gasteiger partial charge >= 0.3 is 0 Å². The van der Waals surface area contributed by atoms with Gasteiger partial charge in [0, 0.05) is 11.6 Å². The largest absolute Gasteiger partial charge is 0.344 e. The van der Waals surface area contributed by atoms with Crippen LogP contribution in [0.2, 0.25) is 0 Å². The summed E-state index contributed by atoms with van der Waals surface area (Å²) in [7, 11) is 0. The number of carbonyl (C=O) groups is 1. The van der Waals surface area contributed by atoms with Gasteiger partial charge in [-0.2, -0.15) is 0 Å². The van der Waals surface area contributed by atoms with Crippen molar-refractivity contribution < 1.29 is 4.79 Å². The predicted octanol–water partition coefficient (Wildman–Crippen LogP) is 5.08. The van der Waals surface area contributed by atoms with Crippen molar-refractivity contribution in [3.05, 3.63) is 77.8 Å². The summed E-state index contributed by atoms with van der Waals surface area (Å²) >= 11 is 0. The zero-order valence-corrected chi connectivity index (χ0v) is 15.5. The van der Waals surface area contributed by atoms with E-state index in [-0.39, 0.29) is 11.9 Å². The zero-order valence-electron chi connectivity index (χ0n) is 15.5. The van der Waals surface area contributed by atoms with Crippen molar-refractivity contribution in [2.24, 2.45) is 0 Å². The third-order valence-corrected chi connectivity index (χ3v) is 5.03. The van der Waals surface area contributed by atoms with Crippen molar-refractivity contribution in [2.75, 3.05) is 0 Å². The number of nitrogens with zero attached hydrogens (tertiary/aromatic N) is 2. The number of carbonyl (C=O) groups excluding carboxylic acids is 1. The molecule has 0 saturated carbocycles. The fraction of sp³-hybridized carbons (Fsp3) is 0.261. The standard InChI is InChI=1S/C23H23N3O/c1-16(20-12-7-13-22(26-20)17-8-3-2-4-9-17)25-23(27)19-14-18-10-5-6-11-21(18)24-15-19/h5-8,10-16H,2-4,9H2,1H3,(H,25,27)/t16-/m0/s1. The second kappa shape index (κ2) is 7.70. The highest BCUT2D eigenvalue weighted by Gasteiger charge is 2.15. The molecule has 0 fully saturated rings. The van der Waals surface area contributed by atoms with E-state index < -0.39 is 0 Å². The van der Waals surface area contributed by atoms with Gasteiger partial charge < -0.3 is 5.32 Å². The second-order valence-electron chi connectivity index (χ2n) is 7.03. The Morgan fingerprint density at radius 2 is 2.00 bits per heavy atom. The van der Waals surface area contributed by atoms with Crippen LogP contribution in [0, 0.1) is 0 Å². The van der Waals surface area contributed by atoms with E-state index >= 15 is 0 Å². The van der Waals surface area contributed by atoms with E-state index in [1.165, 1.54) is 18.4 Å². The number of hydrogen-bond acceptors (Lipinski definition) is 3. The molecule has 3 aromatic rings. The minimum Gasteiger partial charge on any atom is -0.344 e. The van der Waals surface area contributed by atoms with Crippen LogP contribution in [-0.4, -0.2) is 15.9 Å². The molecule has 1 aliphatic rings. The van der Waals surface area contributed by atoms with E-state index in [4.69, 9.17) is 4.98 Å². The first-order valence-corrected chi connectivity index (χ1v) is 9.53. The first-order valence-electron chi connectivity index (χ1n) is 9.53. The number of hydrogen-bond donors (Lipinski definition) is 1. The van der Waals surface area contributed by atoms with Crippen molar-refractivity contribution in [3.63, 3.8) is 0 Å². The highest BCUT2D eigenvalue weighted by atomic mass is 16.1. The van der Waals surface area contributed by atoms with Crippen LogP contribution in [-0.2, 0) is 0 Å². The lowest BCUT2D eigenvalue weighted by atomic mass is 9.96. The van der Waals surface area contributed by atoms with Crippen LogP contribution in [0.1, 0.15) is 60.4 Å². The summed E-state index contributed by atoms with van der Waals surface area (Å²) in [5, 5.41) is 4.01. The van der Waals surface area contributed by atoms with Gasteiger partial charge in [-0.3, -0.25) is 14.8 Å². The average Bonchev–Trinajstić information content (AvgIpc) is 2.74. The lowest BCUT2D eigenvalue weighted by Crippen LogP contribution is -2.27. The van der Waals surface area contributed by atoms with E-state index in [1.807, 2.05) is 49.4 Å². The molecular formula is C23H23N3O. The number of para-hydroxylation sites is 1. The zero-order chi connectivity index (χ0) is 18.6. The van der Waals surface area contributed by atoms with E-state index in [1.54, 1.807) is 6.20 Å². The third-order valence-electron chi connectivity index (χ3n) is 5.03. The van der Waals surface area contributed by atoms with Crippen molar-refractivity contribution in [3.8, 4) is 0 Å². The van der Waals surface area contributed by atoms with E-state index in [9.17, 15) is 4.79 Å². The van der Waals surface area contributed by atoms with Crippen molar-refractivity contribution >= 4 is 22.4 Å². The van der Waals surface area contributed by atoms with Crippen LogP contribution >= 0.6 is 0 Å². The Morgan fingerprint density at radius 1 is 1.11 bits per heavy atom. The van der Waals surface area contributed by atoms with Crippen LogP contribution in [0.5, 0.6) is 0 Å². The normalized spacial score (nSPS) is 15.2. The summed E-state index contributed by atoms with van der Waals surface area (Å²) in [6.07, 6.45) is 8.61. The number of allylic oxidation sites excluding steroid dienone is 2.